The highest BCUT2D eigenvalue weighted by atomic mass is 35.5. The van der Waals surface area contributed by atoms with E-state index >= 15 is 0 Å². The van der Waals surface area contributed by atoms with E-state index in [0.29, 0.717) is 40.7 Å². The number of nitrogens with one attached hydrogen (secondary N) is 1. The number of amides is 1. The number of carbonyl (C=O) groups excluding carboxylic acids is 2. The first-order valence-corrected chi connectivity index (χ1v) is 8.89. The Hall–Kier alpha value is -2.73. The lowest BCUT2D eigenvalue weighted by Gasteiger charge is -2.18. The largest absolute Gasteiger partial charge is 0.495 e. The number of benzene rings is 2. The summed E-state index contributed by atoms with van der Waals surface area (Å²) >= 11 is 5.97. The van der Waals surface area contributed by atoms with Crippen molar-refractivity contribution in [1.82, 2.24) is 0 Å². The topological polar surface area (TPSA) is 73.9 Å². The molecular weight excluding hydrogens is 370 g/mol. The van der Waals surface area contributed by atoms with Crippen molar-refractivity contribution < 1.29 is 23.8 Å². The Bertz CT molecular complexity index is 809. The fourth-order valence-corrected chi connectivity index (χ4v) is 2.45. The lowest BCUT2D eigenvalue weighted by atomic mass is 10.2. The van der Waals surface area contributed by atoms with E-state index in [4.69, 9.17) is 25.8 Å². The zero-order valence-corrected chi connectivity index (χ0v) is 16.2. The van der Waals surface area contributed by atoms with Gasteiger partial charge in [0.1, 0.15) is 17.2 Å². The predicted octanol–water partition coefficient (Wildman–Crippen LogP) is 4.36. The highest BCUT2D eigenvalue weighted by molar-refractivity contribution is 6.31. The molecule has 144 valence electrons. The molecule has 0 saturated carbocycles. The molecule has 27 heavy (non-hydrogen) atoms. The van der Waals surface area contributed by atoms with Crippen LogP contribution in [0.2, 0.25) is 5.02 Å². The number of aldehydes is 1. The zero-order chi connectivity index (χ0) is 19.8. The number of carbonyl (C=O) groups is 2. The first-order valence-electron chi connectivity index (χ1n) is 8.51. The Labute approximate surface area is 163 Å². The van der Waals surface area contributed by atoms with Crippen LogP contribution >= 0.6 is 11.6 Å². The van der Waals surface area contributed by atoms with Crippen molar-refractivity contribution >= 4 is 29.5 Å². The Kier molecular flexibility index (Phi) is 7.49. The van der Waals surface area contributed by atoms with E-state index in [-0.39, 0.29) is 5.75 Å². The van der Waals surface area contributed by atoms with Gasteiger partial charge in [0.25, 0.3) is 5.91 Å². The molecular formula is C20H22ClNO5. The third-order valence-electron chi connectivity index (χ3n) is 3.68. The molecule has 1 N–H and O–H groups in total. The molecule has 0 aliphatic carbocycles. The van der Waals surface area contributed by atoms with Crippen LogP contribution in [0.5, 0.6) is 17.2 Å². The predicted molar refractivity (Wildman–Crippen MR) is 104 cm³/mol. The number of anilines is 1. The van der Waals surface area contributed by atoms with Crippen molar-refractivity contribution in [1.29, 1.82) is 0 Å². The van der Waals surface area contributed by atoms with Gasteiger partial charge < -0.3 is 19.5 Å². The molecule has 2 aromatic rings. The molecule has 0 unspecified atom stereocenters. The number of methoxy groups -OCH3 is 1. The molecule has 0 spiro atoms. The van der Waals surface area contributed by atoms with Crippen molar-refractivity contribution in [2.45, 2.75) is 26.4 Å². The molecule has 0 fully saturated rings. The van der Waals surface area contributed by atoms with E-state index in [2.05, 4.69) is 5.32 Å². The summed E-state index contributed by atoms with van der Waals surface area (Å²) in [4.78, 5) is 23.8. The van der Waals surface area contributed by atoms with Crippen molar-refractivity contribution in [3.8, 4) is 17.2 Å². The molecule has 0 radical (unpaired) electrons. The molecule has 0 heterocycles. The molecule has 0 aliphatic rings. The van der Waals surface area contributed by atoms with Crippen LogP contribution in [0.3, 0.4) is 0 Å². The third-order valence-corrected chi connectivity index (χ3v) is 3.91. The van der Waals surface area contributed by atoms with Crippen LogP contribution in [0, 0.1) is 0 Å². The van der Waals surface area contributed by atoms with Crippen LogP contribution in [-0.4, -0.2) is 32.0 Å². The number of hydrogen-bond donors (Lipinski definition) is 1. The Morgan fingerprint density at radius 1 is 1.22 bits per heavy atom. The average Bonchev–Trinajstić information content (AvgIpc) is 2.66. The summed E-state index contributed by atoms with van der Waals surface area (Å²) < 4.78 is 16.5. The molecule has 6 nitrogen and oxygen atoms in total. The minimum Gasteiger partial charge on any atom is -0.495 e. The molecule has 2 rings (SSSR count). The van der Waals surface area contributed by atoms with Gasteiger partial charge in [0.2, 0.25) is 0 Å². The number of rotatable bonds is 9. The Morgan fingerprint density at radius 3 is 2.67 bits per heavy atom. The van der Waals surface area contributed by atoms with E-state index < -0.39 is 12.0 Å². The summed E-state index contributed by atoms with van der Waals surface area (Å²) in [7, 11) is 1.50. The highest BCUT2D eigenvalue weighted by Crippen LogP contribution is 2.29. The Morgan fingerprint density at radius 2 is 2.00 bits per heavy atom. The van der Waals surface area contributed by atoms with Gasteiger partial charge in [-0.25, -0.2) is 0 Å². The monoisotopic (exact) mass is 391 g/mol. The third kappa shape index (κ3) is 5.62. The van der Waals surface area contributed by atoms with Crippen LogP contribution in [-0.2, 0) is 4.79 Å². The lowest BCUT2D eigenvalue weighted by Crippen LogP contribution is -2.30. The van der Waals surface area contributed by atoms with Crippen LogP contribution in [0.25, 0.3) is 0 Å². The van der Waals surface area contributed by atoms with Gasteiger partial charge in [0.15, 0.2) is 12.4 Å². The summed E-state index contributed by atoms with van der Waals surface area (Å²) in [6, 6.07) is 9.78. The standard InChI is InChI=1S/C20H22ClNO5/c1-4-9-26-16-7-5-14(12-23)19(11-16)27-13(2)20(24)22-17-10-15(21)6-8-18(17)25-3/h5-8,10-13H,4,9H2,1-3H3,(H,22,24)/t13-/m1/s1. The molecule has 1 amide bonds. The lowest BCUT2D eigenvalue weighted by molar-refractivity contribution is -0.122. The van der Waals surface area contributed by atoms with Crippen LogP contribution in [0.15, 0.2) is 36.4 Å². The van der Waals surface area contributed by atoms with Crippen molar-refractivity contribution in [2.75, 3.05) is 19.0 Å². The maximum Gasteiger partial charge on any atom is 0.265 e. The Balaban J connectivity index is 2.14. The van der Waals surface area contributed by atoms with E-state index in [0.717, 1.165) is 6.42 Å². The normalized spacial score (nSPS) is 11.4. The van der Waals surface area contributed by atoms with Crippen molar-refractivity contribution in [3.63, 3.8) is 0 Å². The van der Waals surface area contributed by atoms with Gasteiger partial charge in [-0.05, 0) is 43.7 Å². The molecule has 1 atom stereocenters. The molecule has 0 aliphatic heterocycles. The molecule has 0 bridgehead atoms. The number of halogens is 1. The molecule has 0 saturated heterocycles. The molecule has 7 heteroatoms. The van der Waals surface area contributed by atoms with Crippen LogP contribution in [0.4, 0.5) is 5.69 Å². The summed E-state index contributed by atoms with van der Waals surface area (Å²) in [5, 5.41) is 3.18. The van der Waals surface area contributed by atoms with Gasteiger partial charge in [0, 0.05) is 11.1 Å². The smallest absolute Gasteiger partial charge is 0.265 e. The van der Waals surface area contributed by atoms with E-state index in [9.17, 15) is 9.59 Å². The fraction of sp³-hybridized carbons (Fsp3) is 0.300. The first-order chi connectivity index (χ1) is 13.0. The second-order valence-electron chi connectivity index (χ2n) is 5.76. The van der Waals surface area contributed by atoms with Crippen molar-refractivity contribution in [3.05, 3.63) is 47.0 Å². The fourth-order valence-electron chi connectivity index (χ4n) is 2.28. The summed E-state index contributed by atoms with van der Waals surface area (Å²) in [5.74, 6) is 0.914. The highest BCUT2D eigenvalue weighted by Gasteiger charge is 2.19. The average molecular weight is 392 g/mol. The second kappa shape index (κ2) is 9.83. The van der Waals surface area contributed by atoms with Gasteiger partial charge in [-0.1, -0.05) is 18.5 Å². The summed E-state index contributed by atoms with van der Waals surface area (Å²) in [6.45, 7) is 4.12. The van der Waals surface area contributed by atoms with Crippen LogP contribution in [0.1, 0.15) is 30.6 Å². The van der Waals surface area contributed by atoms with E-state index in [1.807, 2.05) is 6.92 Å². The minimum absolute atomic E-state index is 0.277. The van der Waals surface area contributed by atoms with Gasteiger partial charge in [-0.2, -0.15) is 0 Å². The number of hydrogen-bond acceptors (Lipinski definition) is 5. The zero-order valence-electron chi connectivity index (χ0n) is 15.5. The first kappa shape index (κ1) is 20.6. The molecule has 0 aromatic heterocycles. The minimum atomic E-state index is -0.867. The van der Waals surface area contributed by atoms with Gasteiger partial charge in [-0.15, -0.1) is 0 Å². The number of ether oxygens (including phenoxy) is 3. The van der Waals surface area contributed by atoms with Crippen LogP contribution < -0.4 is 19.5 Å². The maximum atomic E-state index is 12.5. The summed E-state index contributed by atoms with van der Waals surface area (Å²) in [6.07, 6.45) is 0.656. The van der Waals surface area contributed by atoms with Gasteiger partial charge in [0.05, 0.1) is 25.0 Å². The van der Waals surface area contributed by atoms with Gasteiger partial charge in [-0.3, -0.25) is 9.59 Å². The SMILES string of the molecule is CCCOc1ccc(C=O)c(O[C@H](C)C(=O)Nc2cc(Cl)ccc2OC)c1. The molecule has 2 aromatic carbocycles. The van der Waals surface area contributed by atoms with E-state index in [1.165, 1.54) is 7.11 Å². The van der Waals surface area contributed by atoms with Crippen molar-refractivity contribution in [2.24, 2.45) is 0 Å². The maximum absolute atomic E-state index is 12.5. The van der Waals surface area contributed by atoms with E-state index in [1.54, 1.807) is 43.3 Å². The second-order valence-corrected chi connectivity index (χ2v) is 6.20. The quantitative estimate of drug-likeness (QED) is 0.643. The van der Waals surface area contributed by atoms with Gasteiger partial charge >= 0.3 is 0 Å². The summed E-state index contributed by atoms with van der Waals surface area (Å²) in [5.41, 5.74) is 0.764.